The van der Waals surface area contributed by atoms with Crippen molar-refractivity contribution in [2.45, 2.75) is 31.1 Å². The Hall–Kier alpha value is -0.670. The Kier molecular flexibility index (Phi) is 6.90. The van der Waals surface area contributed by atoms with E-state index in [-0.39, 0.29) is 17.2 Å². The van der Waals surface area contributed by atoms with Crippen molar-refractivity contribution in [3.05, 3.63) is 27.8 Å². The molecule has 0 aliphatic heterocycles. The van der Waals surface area contributed by atoms with E-state index in [9.17, 15) is 13.2 Å². The van der Waals surface area contributed by atoms with Gasteiger partial charge in [0.25, 0.3) is 0 Å². The van der Waals surface area contributed by atoms with Crippen LogP contribution in [0.5, 0.6) is 0 Å². The molecule has 1 rings (SSSR count). The van der Waals surface area contributed by atoms with Crippen LogP contribution in [0.25, 0.3) is 0 Å². The number of aliphatic carboxylic acids is 1. The monoisotopic (exact) mass is 411 g/mol. The molecule has 1 aromatic rings. The van der Waals surface area contributed by atoms with Crippen LogP contribution in [0, 0.1) is 9.49 Å². The first-order valence-electron chi connectivity index (χ1n) is 6.28. The maximum Gasteiger partial charge on any atom is 0.303 e. The Balaban J connectivity index is 2.44. The van der Waals surface area contributed by atoms with Crippen LogP contribution >= 0.6 is 22.6 Å². The van der Waals surface area contributed by atoms with E-state index in [1.54, 1.807) is 24.3 Å². The zero-order valence-corrected chi connectivity index (χ0v) is 14.1. The van der Waals surface area contributed by atoms with Gasteiger partial charge >= 0.3 is 5.97 Å². The maximum atomic E-state index is 12.0. The minimum absolute atomic E-state index is 0.116. The van der Waals surface area contributed by atoms with E-state index in [4.69, 9.17) is 5.11 Å². The zero-order chi connectivity index (χ0) is 15.2. The van der Waals surface area contributed by atoms with Crippen LogP contribution in [0.2, 0.25) is 0 Å². The van der Waals surface area contributed by atoms with Crippen molar-refractivity contribution in [2.75, 3.05) is 6.54 Å². The molecular weight excluding hydrogens is 393 g/mol. The summed E-state index contributed by atoms with van der Waals surface area (Å²) in [6.07, 6.45) is 1.29. The highest BCUT2D eigenvalue weighted by atomic mass is 127. The van der Waals surface area contributed by atoms with Crippen LogP contribution in [0.3, 0.4) is 0 Å². The lowest BCUT2D eigenvalue weighted by molar-refractivity contribution is -0.137. The lowest BCUT2D eigenvalue weighted by Gasteiger charge is -2.11. The largest absolute Gasteiger partial charge is 0.481 e. The summed E-state index contributed by atoms with van der Waals surface area (Å²) >= 11 is 2.11. The Morgan fingerprint density at radius 2 is 1.90 bits per heavy atom. The molecule has 0 saturated heterocycles. The first kappa shape index (κ1) is 17.4. The van der Waals surface area contributed by atoms with Crippen molar-refractivity contribution < 1.29 is 18.3 Å². The Morgan fingerprint density at radius 3 is 2.45 bits per heavy atom. The molecule has 7 heteroatoms. The quantitative estimate of drug-likeness (QED) is 0.644. The lowest BCUT2D eigenvalue weighted by atomic mass is 10.0. The molecule has 0 fully saturated rings. The van der Waals surface area contributed by atoms with Crippen LogP contribution in [-0.2, 0) is 14.8 Å². The summed E-state index contributed by atoms with van der Waals surface area (Å²) in [4.78, 5) is 10.7. The summed E-state index contributed by atoms with van der Waals surface area (Å²) in [5.74, 6) is -0.651. The Bertz CT molecular complexity index is 542. The molecule has 5 nitrogen and oxygen atoms in total. The van der Waals surface area contributed by atoms with E-state index in [0.717, 1.165) is 3.57 Å². The maximum absolute atomic E-state index is 12.0. The molecule has 0 aliphatic rings. The van der Waals surface area contributed by atoms with Crippen molar-refractivity contribution in [1.29, 1.82) is 0 Å². The molecule has 20 heavy (non-hydrogen) atoms. The molecule has 0 amide bonds. The van der Waals surface area contributed by atoms with E-state index in [1.165, 1.54) is 0 Å². The van der Waals surface area contributed by atoms with Crippen LogP contribution in [0.4, 0.5) is 0 Å². The highest BCUT2D eigenvalue weighted by molar-refractivity contribution is 14.1. The van der Waals surface area contributed by atoms with Gasteiger partial charge in [0, 0.05) is 16.5 Å². The standard InChI is InChI=1S/C13H18INO4S/c1-10(2-7-13(16)17)8-9-15-20(18,19)12-5-3-11(14)4-6-12/h3-6,10,15H,2,7-9H2,1H3,(H,16,17). The molecule has 0 heterocycles. The topological polar surface area (TPSA) is 83.5 Å². The van der Waals surface area contributed by atoms with E-state index < -0.39 is 16.0 Å². The third-order valence-electron chi connectivity index (χ3n) is 2.90. The normalized spacial score (nSPS) is 13.1. The highest BCUT2D eigenvalue weighted by Crippen LogP contribution is 2.13. The predicted molar refractivity (Wildman–Crippen MR) is 85.0 cm³/mol. The number of carboxylic acid groups (broad SMARTS) is 1. The number of hydrogen-bond acceptors (Lipinski definition) is 3. The fraction of sp³-hybridized carbons (Fsp3) is 0.462. The summed E-state index contributed by atoms with van der Waals surface area (Å²) in [6, 6.07) is 6.62. The molecule has 0 saturated carbocycles. The van der Waals surface area contributed by atoms with Gasteiger partial charge in [0.05, 0.1) is 4.90 Å². The average Bonchev–Trinajstić information content (AvgIpc) is 2.36. The van der Waals surface area contributed by atoms with Crippen LogP contribution in [0.15, 0.2) is 29.2 Å². The smallest absolute Gasteiger partial charge is 0.303 e. The van der Waals surface area contributed by atoms with Gasteiger partial charge < -0.3 is 5.11 Å². The van der Waals surface area contributed by atoms with Crippen molar-refractivity contribution in [3.8, 4) is 0 Å². The SMILES string of the molecule is CC(CCNS(=O)(=O)c1ccc(I)cc1)CCC(=O)O. The van der Waals surface area contributed by atoms with Gasteiger partial charge in [-0.15, -0.1) is 0 Å². The number of carbonyl (C=O) groups is 1. The van der Waals surface area contributed by atoms with Crippen LogP contribution < -0.4 is 4.72 Å². The second-order valence-electron chi connectivity index (χ2n) is 4.68. The van der Waals surface area contributed by atoms with E-state index in [0.29, 0.717) is 19.4 Å². The number of hydrogen-bond donors (Lipinski definition) is 2. The Labute approximate surface area is 133 Å². The molecule has 0 spiro atoms. The van der Waals surface area contributed by atoms with Crippen LogP contribution in [0.1, 0.15) is 26.2 Å². The number of rotatable bonds is 8. The van der Waals surface area contributed by atoms with Gasteiger partial charge in [-0.25, -0.2) is 13.1 Å². The fourth-order valence-corrected chi connectivity index (χ4v) is 3.06. The molecular formula is C13H18INO4S. The minimum Gasteiger partial charge on any atom is -0.481 e. The van der Waals surface area contributed by atoms with Gasteiger partial charge in [0.15, 0.2) is 0 Å². The number of nitrogens with one attached hydrogen (secondary N) is 1. The summed E-state index contributed by atoms with van der Waals surface area (Å²) in [5.41, 5.74) is 0. The summed E-state index contributed by atoms with van der Waals surface area (Å²) in [7, 11) is -3.47. The molecule has 0 aliphatic carbocycles. The van der Waals surface area contributed by atoms with Crippen LogP contribution in [-0.4, -0.2) is 26.0 Å². The summed E-state index contributed by atoms with van der Waals surface area (Å²) < 4.78 is 27.5. The summed E-state index contributed by atoms with van der Waals surface area (Å²) in [5, 5.41) is 8.58. The second kappa shape index (κ2) is 7.94. The van der Waals surface area contributed by atoms with Gasteiger partial charge in [-0.2, -0.15) is 0 Å². The molecule has 2 N–H and O–H groups in total. The van der Waals surface area contributed by atoms with Crippen molar-refractivity contribution in [1.82, 2.24) is 4.72 Å². The number of halogens is 1. The fourth-order valence-electron chi connectivity index (χ4n) is 1.65. The lowest BCUT2D eigenvalue weighted by Crippen LogP contribution is -2.26. The zero-order valence-electron chi connectivity index (χ0n) is 11.2. The number of sulfonamides is 1. The van der Waals surface area contributed by atoms with Gasteiger partial charge in [-0.3, -0.25) is 4.79 Å². The van der Waals surface area contributed by atoms with Gasteiger partial charge in [-0.1, -0.05) is 6.92 Å². The van der Waals surface area contributed by atoms with Crippen molar-refractivity contribution in [2.24, 2.45) is 5.92 Å². The van der Waals surface area contributed by atoms with Gasteiger partial charge in [0.1, 0.15) is 0 Å². The van der Waals surface area contributed by atoms with Crippen molar-refractivity contribution in [3.63, 3.8) is 0 Å². The second-order valence-corrected chi connectivity index (χ2v) is 7.69. The van der Waals surface area contributed by atoms with E-state index in [2.05, 4.69) is 27.3 Å². The molecule has 0 aromatic heterocycles. The Morgan fingerprint density at radius 1 is 1.30 bits per heavy atom. The number of carboxylic acids is 1. The van der Waals surface area contributed by atoms with Gasteiger partial charge in [-0.05, 0) is 65.6 Å². The molecule has 1 atom stereocenters. The summed E-state index contributed by atoms with van der Waals surface area (Å²) in [6.45, 7) is 2.23. The van der Waals surface area contributed by atoms with E-state index in [1.807, 2.05) is 6.92 Å². The van der Waals surface area contributed by atoms with Crippen molar-refractivity contribution >= 4 is 38.6 Å². The molecule has 0 bridgehead atoms. The first-order chi connectivity index (χ1) is 9.31. The minimum atomic E-state index is -3.47. The highest BCUT2D eigenvalue weighted by Gasteiger charge is 2.14. The molecule has 1 unspecified atom stereocenters. The molecule has 112 valence electrons. The molecule has 1 aromatic carbocycles. The van der Waals surface area contributed by atoms with Gasteiger partial charge in [0.2, 0.25) is 10.0 Å². The first-order valence-corrected chi connectivity index (χ1v) is 8.84. The number of benzene rings is 1. The van der Waals surface area contributed by atoms with E-state index >= 15 is 0 Å². The third kappa shape index (κ3) is 6.19. The predicted octanol–water partition coefficient (Wildman–Crippen LogP) is 2.46. The average molecular weight is 411 g/mol. The third-order valence-corrected chi connectivity index (χ3v) is 5.10. The molecule has 0 radical (unpaired) electrons.